The quantitative estimate of drug-likeness (QED) is 0.640. The Morgan fingerprint density at radius 3 is 2.90 bits per heavy atom. The van der Waals surface area contributed by atoms with Gasteiger partial charge in [-0.1, -0.05) is 48.6 Å². The molecule has 1 N–H and O–H groups in total. The maximum Gasteiger partial charge on any atom is 0.330 e. The van der Waals surface area contributed by atoms with Crippen LogP contribution >= 0.6 is 0 Å². The SMILES string of the molecule is O=C1C=CC[C@@H](C/C=C/[C@H](O)CCc2ccccc2)O1. The van der Waals surface area contributed by atoms with E-state index in [9.17, 15) is 9.90 Å². The van der Waals surface area contributed by atoms with Crippen molar-refractivity contribution in [2.75, 3.05) is 0 Å². The monoisotopic (exact) mass is 272 g/mol. The van der Waals surface area contributed by atoms with Crippen LogP contribution in [0, 0.1) is 0 Å². The molecule has 1 aromatic rings. The maximum atomic E-state index is 11.0. The molecule has 2 rings (SSSR count). The van der Waals surface area contributed by atoms with Gasteiger partial charge in [-0.25, -0.2) is 4.79 Å². The molecule has 0 bridgehead atoms. The Morgan fingerprint density at radius 2 is 2.15 bits per heavy atom. The summed E-state index contributed by atoms with van der Waals surface area (Å²) in [5.41, 5.74) is 1.23. The summed E-state index contributed by atoms with van der Waals surface area (Å²) in [6.45, 7) is 0. The largest absolute Gasteiger partial charge is 0.459 e. The number of hydrogen-bond acceptors (Lipinski definition) is 3. The van der Waals surface area contributed by atoms with E-state index in [1.807, 2.05) is 30.4 Å². The number of aliphatic hydroxyl groups excluding tert-OH is 1. The number of hydrogen-bond donors (Lipinski definition) is 1. The standard InChI is InChI=1S/C17H20O3/c18-15(13-12-14-6-2-1-3-7-14)8-4-9-16-10-5-11-17(19)20-16/h1-8,11,15-16,18H,9-10,12-13H2/b8-4+/t15-,16+/m0/s1. The van der Waals surface area contributed by atoms with Crippen LogP contribution in [0.15, 0.2) is 54.6 Å². The number of ether oxygens (including phenoxy) is 1. The van der Waals surface area contributed by atoms with E-state index in [-0.39, 0.29) is 12.1 Å². The molecule has 0 saturated heterocycles. The van der Waals surface area contributed by atoms with E-state index in [1.165, 1.54) is 11.6 Å². The molecule has 2 atom stereocenters. The molecule has 0 radical (unpaired) electrons. The van der Waals surface area contributed by atoms with Gasteiger partial charge in [0.05, 0.1) is 6.10 Å². The molecule has 0 spiro atoms. The molecular weight excluding hydrogens is 252 g/mol. The van der Waals surface area contributed by atoms with Crippen molar-refractivity contribution in [3.05, 3.63) is 60.2 Å². The Kier molecular flexibility index (Phi) is 5.56. The first kappa shape index (κ1) is 14.5. The summed E-state index contributed by atoms with van der Waals surface area (Å²) in [6, 6.07) is 10.1. The van der Waals surface area contributed by atoms with Crippen LogP contribution in [0.4, 0.5) is 0 Å². The van der Waals surface area contributed by atoms with E-state index in [0.717, 1.165) is 12.8 Å². The topological polar surface area (TPSA) is 46.5 Å². The third-order valence-electron chi connectivity index (χ3n) is 3.26. The van der Waals surface area contributed by atoms with Crippen molar-refractivity contribution >= 4 is 5.97 Å². The average Bonchev–Trinajstić information content (AvgIpc) is 2.46. The number of benzene rings is 1. The van der Waals surface area contributed by atoms with Crippen LogP contribution in [0.25, 0.3) is 0 Å². The van der Waals surface area contributed by atoms with Crippen LogP contribution in [0.3, 0.4) is 0 Å². The number of aliphatic hydroxyl groups is 1. The van der Waals surface area contributed by atoms with E-state index in [1.54, 1.807) is 6.08 Å². The number of carbonyl (C=O) groups is 1. The molecule has 0 saturated carbocycles. The van der Waals surface area contributed by atoms with Crippen LogP contribution in [0.1, 0.15) is 24.8 Å². The second kappa shape index (κ2) is 7.65. The summed E-state index contributed by atoms with van der Waals surface area (Å²) < 4.78 is 5.14. The summed E-state index contributed by atoms with van der Waals surface area (Å²) in [6.07, 6.45) is 9.37. The summed E-state index contributed by atoms with van der Waals surface area (Å²) in [7, 11) is 0. The second-order valence-corrected chi connectivity index (χ2v) is 4.95. The van der Waals surface area contributed by atoms with Gasteiger partial charge < -0.3 is 9.84 Å². The smallest absolute Gasteiger partial charge is 0.330 e. The first-order chi connectivity index (χ1) is 9.74. The molecule has 1 aliphatic heterocycles. The molecule has 3 heteroatoms. The van der Waals surface area contributed by atoms with Crippen molar-refractivity contribution in [2.45, 2.75) is 37.9 Å². The van der Waals surface area contributed by atoms with E-state index in [2.05, 4.69) is 12.1 Å². The molecule has 0 unspecified atom stereocenters. The van der Waals surface area contributed by atoms with Crippen molar-refractivity contribution in [1.29, 1.82) is 0 Å². The third-order valence-corrected chi connectivity index (χ3v) is 3.26. The van der Waals surface area contributed by atoms with Gasteiger partial charge in [-0.05, 0) is 18.4 Å². The van der Waals surface area contributed by atoms with E-state index in [0.29, 0.717) is 12.8 Å². The third kappa shape index (κ3) is 5.02. The number of carbonyl (C=O) groups excluding carboxylic acids is 1. The van der Waals surface area contributed by atoms with Gasteiger partial charge in [0.15, 0.2) is 0 Å². The lowest BCUT2D eigenvalue weighted by Crippen LogP contribution is -2.19. The number of esters is 1. The summed E-state index contributed by atoms with van der Waals surface area (Å²) in [5.74, 6) is -0.278. The van der Waals surface area contributed by atoms with Gasteiger partial charge in [0, 0.05) is 18.9 Å². The van der Waals surface area contributed by atoms with Gasteiger partial charge in [0.2, 0.25) is 0 Å². The lowest BCUT2D eigenvalue weighted by Gasteiger charge is -2.16. The molecule has 0 amide bonds. The van der Waals surface area contributed by atoms with E-state index in [4.69, 9.17) is 4.74 Å². The minimum atomic E-state index is -0.454. The van der Waals surface area contributed by atoms with Gasteiger partial charge in [-0.15, -0.1) is 0 Å². The van der Waals surface area contributed by atoms with Crippen molar-refractivity contribution in [2.24, 2.45) is 0 Å². The zero-order valence-corrected chi connectivity index (χ0v) is 11.4. The zero-order valence-electron chi connectivity index (χ0n) is 11.4. The fourth-order valence-electron chi connectivity index (χ4n) is 2.15. The first-order valence-electron chi connectivity index (χ1n) is 7.00. The second-order valence-electron chi connectivity index (χ2n) is 4.95. The molecule has 1 heterocycles. The molecule has 0 aromatic heterocycles. The molecule has 1 aliphatic rings. The molecule has 0 fully saturated rings. The minimum absolute atomic E-state index is 0.0925. The summed E-state index contributed by atoms with van der Waals surface area (Å²) in [5, 5.41) is 9.88. The Hall–Kier alpha value is -1.87. The predicted molar refractivity (Wildman–Crippen MR) is 78.2 cm³/mol. The maximum absolute atomic E-state index is 11.0. The van der Waals surface area contributed by atoms with Crippen molar-refractivity contribution in [3.63, 3.8) is 0 Å². The average molecular weight is 272 g/mol. The minimum Gasteiger partial charge on any atom is -0.459 e. The van der Waals surface area contributed by atoms with Crippen molar-refractivity contribution in [3.8, 4) is 0 Å². The summed E-state index contributed by atoms with van der Waals surface area (Å²) in [4.78, 5) is 11.0. The van der Waals surface area contributed by atoms with Crippen LogP contribution in [0.5, 0.6) is 0 Å². The highest BCUT2D eigenvalue weighted by molar-refractivity contribution is 5.82. The number of rotatable bonds is 6. The molecular formula is C17H20O3. The van der Waals surface area contributed by atoms with Crippen molar-refractivity contribution in [1.82, 2.24) is 0 Å². The lowest BCUT2D eigenvalue weighted by molar-refractivity contribution is -0.143. The Bertz CT molecular complexity index is 476. The van der Waals surface area contributed by atoms with E-state index < -0.39 is 6.10 Å². The predicted octanol–water partition coefficient (Wildman–Crippen LogP) is 2.80. The van der Waals surface area contributed by atoms with Crippen LogP contribution in [-0.4, -0.2) is 23.3 Å². The summed E-state index contributed by atoms with van der Waals surface area (Å²) >= 11 is 0. The van der Waals surface area contributed by atoms with Gasteiger partial charge in [-0.3, -0.25) is 0 Å². The Morgan fingerprint density at radius 1 is 1.35 bits per heavy atom. The van der Waals surface area contributed by atoms with Gasteiger partial charge >= 0.3 is 5.97 Å². The molecule has 1 aromatic carbocycles. The molecule has 3 nitrogen and oxygen atoms in total. The fourth-order valence-corrected chi connectivity index (χ4v) is 2.15. The lowest BCUT2D eigenvalue weighted by atomic mass is 10.1. The molecule has 106 valence electrons. The van der Waals surface area contributed by atoms with Gasteiger partial charge in [-0.2, -0.15) is 0 Å². The number of aryl methyl sites for hydroxylation is 1. The molecule has 20 heavy (non-hydrogen) atoms. The number of cyclic esters (lactones) is 1. The van der Waals surface area contributed by atoms with Crippen LogP contribution in [0.2, 0.25) is 0 Å². The van der Waals surface area contributed by atoms with Crippen LogP contribution in [-0.2, 0) is 16.0 Å². The van der Waals surface area contributed by atoms with Gasteiger partial charge in [0.1, 0.15) is 6.10 Å². The van der Waals surface area contributed by atoms with E-state index >= 15 is 0 Å². The Balaban J connectivity index is 1.69. The van der Waals surface area contributed by atoms with Gasteiger partial charge in [0.25, 0.3) is 0 Å². The highest BCUT2D eigenvalue weighted by Crippen LogP contribution is 2.12. The zero-order chi connectivity index (χ0) is 14.2. The Labute approximate surface area is 119 Å². The van der Waals surface area contributed by atoms with Crippen molar-refractivity contribution < 1.29 is 14.6 Å². The normalized spacial score (nSPS) is 20.1. The first-order valence-corrected chi connectivity index (χ1v) is 7.00. The highest BCUT2D eigenvalue weighted by atomic mass is 16.5. The fraction of sp³-hybridized carbons (Fsp3) is 0.353. The van der Waals surface area contributed by atoms with Crippen LogP contribution < -0.4 is 0 Å². The molecule has 0 aliphatic carbocycles. The highest BCUT2D eigenvalue weighted by Gasteiger charge is 2.14.